The number of carbonyl (C=O) groups is 1. The van der Waals surface area contributed by atoms with Crippen molar-refractivity contribution in [2.75, 3.05) is 26.7 Å². The number of benzene rings is 2. The molecule has 1 atom stereocenters. The van der Waals surface area contributed by atoms with Crippen LogP contribution in [0.25, 0.3) is 10.9 Å². The van der Waals surface area contributed by atoms with Gasteiger partial charge in [-0.3, -0.25) is 14.7 Å². The third kappa shape index (κ3) is 6.49. The normalized spacial score (nSPS) is 15.9. The highest BCUT2D eigenvalue weighted by Gasteiger charge is 2.57. The minimum Gasteiger partial charge on any atom is -0.493 e. The van der Waals surface area contributed by atoms with Crippen molar-refractivity contribution in [1.29, 1.82) is 5.26 Å². The number of pyridine rings is 1. The molecular weight excluding hydrogens is 577 g/mol. The quantitative estimate of drug-likeness (QED) is 0.261. The number of carboxylic acid groups (broad SMARTS) is 1. The summed E-state index contributed by atoms with van der Waals surface area (Å²) in [4.78, 5) is 16.9. The van der Waals surface area contributed by atoms with E-state index in [1.165, 1.54) is 31.5 Å². The Morgan fingerprint density at radius 3 is 2.52 bits per heavy atom. The predicted octanol–water partition coefficient (Wildman–Crippen LogP) is 4.89. The second kappa shape index (κ2) is 12.6. The fourth-order valence-corrected chi connectivity index (χ4v) is 5.60. The first kappa shape index (κ1) is 30.8. The fraction of sp³-hybridized carbons (Fsp3) is 0.344. The number of ether oxygens (including phenoxy) is 2. The van der Waals surface area contributed by atoms with E-state index in [4.69, 9.17) is 14.6 Å². The number of nitriles is 1. The lowest BCUT2D eigenvalue weighted by Gasteiger charge is -2.39. The van der Waals surface area contributed by atoms with E-state index >= 15 is 0 Å². The number of aliphatic carboxylic acids is 1. The lowest BCUT2D eigenvalue weighted by molar-refractivity contribution is -0.272. The minimum absolute atomic E-state index is 0.156. The number of rotatable bonds is 10. The van der Waals surface area contributed by atoms with E-state index < -0.39 is 24.3 Å². The van der Waals surface area contributed by atoms with Gasteiger partial charge >= 0.3 is 12.1 Å². The summed E-state index contributed by atoms with van der Waals surface area (Å²) >= 11 is 0. The monoisotopic (exact) mass is 608 g/mol. The van der Waals surface area contributed by atoms with Gasteiger partial charge < -0.3 is 24.3 Å². The predicted molar refractivity (Wildman–Crippen MR) is 154 cm³/mol. The van der Waals surface area contributed by atoms with Gasteiger partial charge in [0.2, 0.25) is 5.60 Å². The molecule has 0 spiro atoms. The highest BCUT2D eigenvalue weighted by atomic mass is 19.4. The first-order valence-corrected chi connectivity index (χ1v) is 14.0. The molecule has 44 heavy (non-hydrogen) atoms. The molecule has 230 valence electrons. The standard InChI is InChI=1S/C32H31F3N4O5/c1-43-29-15-21(16-30(40)41)6-8-28(29)44-24-9-12-38(13-10-24)20-31(42,32(33,34)35)26-19-39(18-23-4-2-3-11-37-23)27-14-22(17-36)5-7-25(26)27/h2-8,11,14-15,19,24,42H,9-10,12-13,16,18,20H2,1H3,(H,40,41). The molecule has 1 fully saturated rings. The van der Waals surface area contributed by atoms with Crippen LogP contribution in [-0.4, -0.2) is 69.7 Å². The number of piperidine rings is 1. The molecule has 1 aliphatic rings. The van der Waals surface area contributed by atoms with Gasteiger partial charge in [-0.2, -0.15) is 18.4 Å². The molecule has 2 aromatic carbocycles. The van der Waals surface area contributed by atoms with E-state index in [-0.39, 0.29) is 48.7 Å². The zero-order valence-electron chi connectivity index (χ0n) is 23.9. The smallest absolute Gasteiger partial charge is 0.422 e. The average molecular weight is 609 g/mol. The molecule has 9 nitrogen and oxygen atoms in total. The molecule has 1 unspecified atom stereocenters. The molecule has 0 saturated carbocycles. The van der Waals surface area contributed by atoms with Crippen molar-refractivity contribution in [1.82, 2.24) is 14.5 Å². The van der Waals surface area contributed by atoms with Gasteiger partial charge in [-0.05, 0) is 54.8 Å². The summed E-state index contributed by atoms with van der Waals surface area (Å²) in [5.74, 6) is -0.180. The number of β-amino-alcohol motifs (C(OH)–C–C–N with tert-alkyl or cyclic N) is 1. The Morgan fingerprint density at radius 2 is 1.89 bits per heavy atom. The van der Waals surface area contributed by atoms with Gasteiger partial charge in [-0.25, -0.2) is 0 Å². The van der Waals surface area contributed by atoms with E-state index in [1.807, 2.05) is 6.07 Å². The van der Waals surface area contributed by atoms with Crippen molar-refractivity contribution in [3.63, 3.8) is 0 Å². The van der Waals surface area contributed by atoms with Gasteiger partial charge in [-0.1, -0.05) is 18.2 Å². The number of nitrogens with zero attached hydrogens (tertiary/aromatic N) is 4. The summed E-state index contributed by atoms with van der Waals surface area (Å²) in [7, 11) is 1.45. The molecule has 1 saturated heterocycles. The van der Waals surface area contributed by atoms with Gasteiger partial charge in [0, 0.05) is 43.0 Å². The van der Waals surface area contributed by atoms with Crippen molar-refractivity contribution in [2.45, 2.75) is 43.7 Å². The Bertz CT molecular complexity index is 1680. The Labute approximate surface area is 251 Å². The molecule has 0 amide bonds. The van der Waals surface area contributed by atoms with Gasteiger partial charge in [0.05, 0.1) is 42.9 Å². The summed E-state index contributed by atoms with van der Waals surface area (Å²) in [5, 5.41) is 30.2. The maximum absolute atomic E-state index is 14.8. The van der Waals surface area contributed by atoms with Crippen LogP contribution in [0, 0.1) is 11.3 Å². The molecule has 2 aromatic heterocycles. The average Bonchev–Trinajstić information content (AvgIpc) is 3.36. The van der Waals surface area contributed by atoms with Crippen LogP contribution in [0.5, 0.6) is 11.5 Å². The SMILES string of the molecule is COc1cc(CC(=O)O)ccc1OC1CCN(CC(O)(c2cn(Cc3ccccn3)c3cc(C#N)ccc23)C(F)(F)F)CC1. The van der Waals surface area contributed by atoms with E-state index in [0.717, 1.165) is 0 Å². The van der Waals surface area contributed by atoms with Crippen LogP contribution in [0.3, 0.4) is 0 Å². The molecule has 4 aromatic rings. The van der Waals surface area contributed by atoms with Gasteiger partial charge in [-0.15, -0.1) is 0 Å². The summed E-state index contributed by atoms with van der Waals surface area (Å²) in [6, 6.07) is 16.6. The van der Waals surface area contributed by atoms with Crippen LogP contribution in [-0.2, 0) is 23.4 Å². The number of hydrogen-bond acceptors (Lipinski definition) is 7. The molecule has 0 aliphatic carbocycles. The third-order valence-electron chi connectivity index (χ3n) is 7.85. The summed E-state index contributed by atoms with van der Waals surface area (Å²) in [6.07, 6.45) is -1.77. The van der Waals surface area contributed by atoms with Crippen LogP contribution < -0.4 is 9.47 Å². The molecule has 0 bridgehead atoms. The van der Waals surface area contributed by atoms with Crippen LogP contribution in [0.15, 0.2) is 67.0 Å². The van der Waals surface area contributed by atoms with Crippen LogP contribution in [0.1, 0.15) is 35.2 Å². The maximum Gasteiger partial charge on any atom is 0.422 e. The Balaban J connectivity index is 1.36. The summed E-state index contributed by atoms with van der Waals surface area (Å²) < 4.78 is 57.4. The number of likely N-dealkylation sites (tertiary alicyclic amines) is 1. The van der Waals surface area contributed by atoms with Gasteiger partial charge in [0.15, 0.2) is 11.5 Å². The molecule has 0 radical (unpaired) electrons. The molecule has 1 aliphatic heterocycles. The van der Waals surface area contributed by atoms with Crippen molar-refractivity contribution in [3.8, 4) is 17.6 Å². The van der Waals surface area contributed by atoms with Crippen molar-refractivity contribution < 1.29 is 37.7 Å². The number of alkyl halides is 3. The molecule has 2 N–H and O–H groups in total. The van der Waals surface area contributed by atoms with Crippen molar-refractivity contribution in [2.24, 2.45) is 0 Å². The number of aromatic nitrogens is 2. The molecular formula is C32H31F3N4O5. The van der Waals surface area contributed by atoms with Crippen molar-refractivity contribution in [3.05, 3.63) is 89.4 Å². The number of halogens is 3. The van der Waals surface area contributed by atoms with Crippen LogP contribution in [0.4, 0.5) is 13.2 Å². The first-order valence-electron chi connectivity index (χ1n) is 14.0. The third-order valence-corrected chi connectivity index (χ3v) is 7.85. The minimum atomic E-state index is -5.00. The highest BCUT2D eigenvalue weighted by molar-refractivity contribution is 5.86. The molecule has 12 heteroatoms. The second-order valence-corrected chi connectivity index (χ2v) is 10.8. The zero-order valence-corrected chi connectivity index (χ0v) is 23.9. The Kier molecular flexibility index (Phi) is 8.80. The molecule has 3 heterocycles. The van der Waals surface area contributed by atoms with Crippen molar-refractivity contribution >= 4 is 16.9 Å². The van der Waals surface area contributed by atoms with E-state index in [1.54, 1.807) is 52.1 Å². The topological polar surface area (TPSA) is 121 Å². The number of aliphatic hydroxyl groups is 1. The van der Waals surface area contributed by atoms with E-state index in [2.05, 4.69) is 4.98 Å². The zero-order chi connectivity index (χ0) is 31.5. The summed E-state index contributed by atoms with van der Waals surface area (Å²) in [6.45, 7) is -0.0377. The second-order valence-electron chi connectivity index (χ2n) is 10.8. The van der Waals surface area contributed by atoms with E-state index in [9.17, 15) is 28.3 Å². The lowest BCUT2D eigenvalue weighted by atomic mass is 9.90. The van der Waals surface area contributed by atoms with Crippen LogP contribution >= 0.6 is 0 Å². The van der Waals surface area contributed by atoms with E-state index in [0.29, 0.717) is 41.1 Å². The largest absolute Gasteiger partial charge is 0.493 e. The number of methoxy groups -OCH3 is 1. The number of carboxylic acids is 1. The fourth-order valence-electron chi connectivity index (χ4n) is 5.60. The number of hydrogen-bond donors (Lipinski definition) is 2. The number of fused-ring (bicyclic) bond motifs is 1. The lowest BCUT2D eigenvalue weighted by Crippen LogP contribution is -2.53. The van der Waals surface area contributed by atoms with Crippen LogP contribution in [0.2, 0.25) is 0 Å². The summed E-state index contributed by atoms with van der Waals surface area (Å²) in [5.41, 5.74) is -1.63. The highest BCUT2D eigenvalue weighted by Crippen LogP contribution is 2.44. The first-order chi connectivity index (χ1) is 21.0. The molecule has 5 rings (SSSR count). The maximum atomic E-state index is 14.8. The Morgan fingerprint density at radius 1 is 1.11 bits per heavy atom. The van der Waals surface area contributed by atoms with Gasteiger partial charge in [0.1, 0.15) is 6.10 Å². The van der Waals surface area contributed by atoms with Gasteiger partial charge in [0.25, 0.3) is 0 Å². The Hall–Kier alpha value is -4.60.